The Morgan fingerprint density at radius 3 is 2.33 bits per heavy atom. The lowest BCUT2D eigenvalue weighted by Crippen LogP contribution is -2.28. The van der Waals surface area contributed by atoms with Gasteiger partial charge in [0, 0.05) is 30.4 Å². The second kappa shape index (κ2) is 9.31. The number of aromatic nitrogens is 2. The van der Waals surface area contributed by atoms with Crippen molar-refractivity contribution in [2.24, 2.45) is 0 Å². The van der Waals surface area contributed by atoms with E-state index in [4.69, 9.17) is 0 Å². The van der Waals surface area contributed by atoms with Crippen LogP contribution in [0.15, 0.2) is 77.7 Å². The van der Waals surface area contributed by atoms with Crippen molar-refractivity contribution < 1.29 is 19.1 Å². The number of hydrogen-bond donors (Lipinski definition) is 3. The van der Waals surface area contributed by atoms with Gasteiger partial charge >= 0.3 is 5.56 Å². The number of pyridine rings is 1. The number of amides is 2. The summed E-state index contributed by atoms with van der Waals surface area (Å²) in [7, 11) is 0. The van der Waals surface area contributed by atoms with E-state index in [0.29, 0.717) is 16.7 Å². The standard InChI is InChI=1S/C24H19FN4O4/c25-18-10-8-15(9-11-18)13-26-23(32)19-20(30)24(33)29-12-4-7-17(21(29)28-19)14-27-22(31)16-5-2-1-3-6-16/h1-12,30H,13-14H2,(H,26,32)(H,27,31). The predicted octanol–water partition coefficient (Wildman–Crippen LogP) is 2.40. The second-order valence-corrected chi connectivity index (χ2v) is 7.20. The van der Waals surface area contributed by atoms with Crippen LogP contribution in [0.5, 0.6) is 5.75 Å². The number of carbonyl (C=O) groups is 2. The minimum atomic E-state index is -0.817. The molecule has 0 aliphatic rings. The van der Waals surface area contributed by atoms with Crippen molar-refractivity contribution in [3.63, 3.8) is 0 Å². The molecule has 4 rings (SSSR count). The van der Waals surface area contributed by atoms with Crippen molar-refractivity contribution in [1.82, 2.24) is 20.0 Å². The molecule has 8 nitrogen and oxygen atoms in total. The first-order valence-electron chi connectivity index (χ1n) is 10.0. The van der Waals surface area contributed by atoms with Gasteiger partial charge in [-0.1, -0.05) is 36.4 Å². The van der Waals surface area contributed by atoms with Gasteiger partial charge in [0.05, 0.1) is 0 Å². The number of benzene rings is 2. The summed E-state index contributed by atoms with van der Waals surface area (Å²) in [5.41, 5.74) is 0.451. The molecule has 0 spiro atoms. The van der Waals surface area contributed by atoms with E-state index >= 15 is 0 Å². The predicted molar refractivity (Wildman–Crippen MR) is 118 cm³/mol. The number of rotatable bonds is 6. The maximum Gasteiger partial charge on any atom is 0.300 e. The molecule has 4 aromatic rings. The first-order chi connectivity index (χ1) is 15.9. The second-order valence-electron chi connectivity index (χ2n) is 7.20. The Morgan fingerprint density at radius 1 is 0.909 bits per heavy atom. The Morgan fingerprint density at radius 2 is 1.61 bits per heavy atom. The molecule has 0 saturated heterocycles. The van der Waals surface area contributed by atoms with E-state index in [1.165, 1.54) is 30.5 Å². The number of hydrogen-bond acceptors (Lipinski definition) is 5. The van der Waals surface area contributed by atoms with Crippen LogP contribution in [0.1, 0.15) is 32.0 Å². The summed E-state index contributed by atoms with van der Waals surface area (Å²) in [4.78, 5) is 41.8. The average molecular weight is 446 g/mol. The zero-order valence-corrected chi connectivity index (χ0v) is 17.3. The fraction of sp³-hybridized carbons (Fsp3) is 0.0833. The molecule has 3 N–H and O–H groups in total. The molecule has 2 amide bonds. The molecule has 2 aromatic carbocycles. The molecule has 0 aliphatic heterocycles. The van der Waals surface area contributed by atoms with E-state index in [0.717, 1.165) is 4.40 Å². The molecule has 0 unspecified atom stereocenters. The van der Waals surface area contributed by atoms with Crippen molar-refractivity contribution in [3.8, 4) is 5.75 Å². The molecule has 9 heteroatoms. The molecular weight excluding hydrogens is 427 g/mol. The van der Waals surface area contributed by atoms with Crippen LogP contribution >= 0.6 is 0 Å². The highest BCUT2D eigenvalue weighted by Gasteiger charge is 2.20. The van der Waals surface area contributed by atoms with Gasteiger partial charge in [0.1, 0.15) is 11.5 Å². The maximum absolute atomic E-state index is 13.0. The van der Waals surface area contributed by atoms with E-state index in [1.54, 1.807) is 42.5 Å². The third-order valence-electron chi connectivity index (χ3n) is 4.97. The van der Waals surface area contributed by atoms with Gasteiger partial charge in [-0.15, -0.1) is 0 Å². The average Bonchev–Trinajstić information content (AvgIpc) is 2.84. The Labute approximate surface area is 187 Å². The molecule has 33 heavy (non-hydrogen) atoms. The van der Waals surface area contributed by atoms with Gasteiger partial charge in [-0.25, -0.2) is 9.37 Å². The number of carbonyl (C=O) groups excluding carboxylic acids is 2. The van der Waals surface area contributed by atoms with Crippen LogP contribution in [-0.2, 0) is 13.1 Å². The van der Waals surface area contributed by atoms with E-state index < -0.39 is 28.7 Å². The Kier molecular flexibility index (Phi) is 6.12. The summed E-state index contributed by atoms with van der Waals surface area (Å²) < 4.78 is 14.2. The minimum absolute atomic E-state index is 0.0475. The summed E-state index contributed by atoms with van der Waals surface area (Å²) in [6.07, 6.45) is 1.41. The Hall–Kier alpha value is -4.53. The summed E-state index contributed by atoms with van der Waals surface area (Å²) in [5.74, 6) is -2.27. The van der Waals surface area contributed by atoms with Crippen LogP contribution in [0.2, 0.25) is 0 Å². The van der Waals surface area contributed by atoms with Gasteiger partial charge in [0.25, 0.3) is 11.8 Å². The summed E-state index contributed by atoms with van der Waals surface area (Å²) in [6, 6.07) is 17.4. The van der Waals surface area contributed by atoms with Crippen molar-refractivity contribution in [2.45, 2.75) is 13.1 Å². The van der Waals surface area contributed by atoms with Gasteiger partial charge in [-0.2, -0.15) is 0 Å². The van der Waals surface area contributed by atoms with Crippen LogP contribution < -0.4 is 16.2 Å². The molecule has 0 fully saturated rings. The number of nitrogens with one attached hydrogen (secondary N) is 2. The van der Waals surface area contributed by atoms with Crippen molar-refractivity contribution in [1.29, 1.82) is 0 Å². The lowest BCUT2D eigenvalue weighted by atomic mass is 10.2. The highest BCUT2D eigenvalue weighted by Crippen LogP contribution is 2.15. The Balaban J connectivity index is 1.59. The molecule has 0 radical (unpaired) electrons. The van der Waals surface area contributed by atoms with Gasteiger partial charge in [0.15, 0.2) is 5.69 Å². The monoisotopic (exact) mass is 446 g/mol. The topological polar surface area (TPSA) is 113 Å². The van der Waals surface area contributed by atoms with Crippen LogP contribution in [0.25, 0.3) is 5.65 Å². The van der Waals surface area contributed by atoms with E-state index in [1.807, 2.05) is 0 Å². The fourth-order valence-corrected chi connectivity index (χ4v) is 3.24. The first-order valence-corrected chi connectivity index (χ1v) is 10.0. The number of halogens is 1. The Bertz CT molecular complexity index is 1390. The molecule has 0 bridgehead atoms. The van der Waals surface area contributed by atoms with Gasteiger partial charge in [-0.05, 0) is 35.9 Å². The molecule has 2 aromatic heterocycles. The van der Waals surface area contributed by atoms with Gasteiger partial charge in [0.2, 0.25) is 5.75 Å². The van der Waals surface area contributed by atoms with Crippen LogP contribution in [-0.4, -0.2) is 26.3 Å². The maximum atomic E-state index is 13.0. The quantitative estimate of drug-likeness (QED) is 0.421. The SMILES string of the molecule is O=C(NCc1cccn2c(=O)c(O)c(C(=O)NCc3ccc(F)cc3)nc12)c1ccccc1. The lowest BCUT2D eigenvalue weighted by Gasteiger charge is -2.11. The highest BCUT2D eigenvalue weighted by atomic mass is 19.1. The van der Waals surface area contributed by atoms with Crippen molar-refractivity contribution >= 4 is 17.5 Å². The summed E-state index contributed by atoms with van der Waals surface area (Å²) in [5, 5.41) is 15.6. The molecule has 2 heterocycles. The van der Waals surface area contributed by atoms with Crippen molar-refractivity contribution in [3.05, 3.63) is 111 Å². The molecule has 0 atom stereocenters. The minimum Gasteiger partial charge on any atom is -0.501 e. The molecule has 0 saturated carbocycles. The van der Waals surface area contributed by atoms with E-state index in [9.17, 15) is 23.9 Å². The van der Waals surface area contributed by atoms with E-state index in [2.05, 4.69) is 15.6 Å². The lowest BCUT2D eigenvalue weighted by molar-refractivity contribution is 0.0937. The first kappa shape index (κ1) is 21.7. The fourth-order valence-electron chi connectivity index (χ4n) is 3.24. The van der Waals surface area contributed by atoms with Gasteiger partial charge in [-0.3, -0.25) is 18.8 Å². The number of nitrogens with zero attached hydrogens (tertiary/aromatic N) is 2. The van der Waals surface area contributed by atoms with Crippen molar-refractivity contribution in [2.75, 3.05) is 0 Å². The zero-order valence-electron chi connectivity index (χ0n) is 17.3. The van der Waals surface area contributed by atoms with Crippen LogP contribution in [0, 0.1) is 5.82 Å². The van der Waals surface area contributed by atoms with Gasteiger partial charge < -0.3 is 15.7 Å². The molecule has 166 valence electrons. The van der Waals surface area contributed by atoms with E-state index in [-0.39, 0.29) is 24.6 Å². The normalized spacial score (nSPS) is 10.7. The smallest absolute Gasteiger partial charge is 0.300 e. The van der Waals surface area contributed by atoms with Crippen LogP contribution in [0.4, 0.5) is 4.39 Å². The number of aromatic hydroxyl groups is 1. The third-order valence-corrected chi connectivity index (χ3v) is 4.97. The summed E-state index contributed by atoms with van der Waals surface area (Å²) in [6.45, 7) is 0.0975. The van der Waals surface area contributed by atoms with Crippen LogP contribution in [0.3, 0.4) is 0 Å². The number of fused-ring (bicyclic) bond motifs is 1. The largest absolute Gasteiger partial charge is 0.501 e. The summed E-state index contributed by atoms with van der Waals surface area (Å²) >= 11 is 0. The molecular formula is C24H19FN4O4. The molecule has 0 aliphatic carbocycles. The highest BCUT2D eigenvalue weighted by molar-refractivity contribution is 5.95. The third kappa shape index (κ3) is 4.72. The zero-order chi connectivity index (χ0) is 23.4.